The molecule has 1 saturated heterocycles. The van der Waals surface area contributed by atoms with E-state index in [9.17, 15) is 9.59 Å². The highest BCUT2D eigenvalue weighted by Gasteiger charge is 2.22. The molecule has 0 saturated carbocycles. The highest BCUT2D eigenvalue weighted by atomic mass is 35.5. The summed E-state index contributed by atoms with van der Waals surface area (Å²) in [6.45, 7) is 2.05. The lowest BCUT2D eigenvalue weighted by Gasteiger charge is -2.31. The average Bonchev–Trinajstić information content (AvgIpc) is 2.76. The molecule has 32 heavy (non-hydrogen) atoms. The van der Waals surface area contributed by atoms with Crippen LogP contribution in [0.4, 0.5) is 0 Å². The second-order valence-corrected chi connectivity index (χ2v) is 8.53. The standard InChI is InChI=1S/C23H27Cl2N3O4/c1-31-20-5-3-16(23(30)27-18-6-9-28(10-7-18)14-22(26)29)12-21(20)32-11-8-15-2-4-17(24)13-19(15)25/h2-5,12-13,18H,6-11,14H2,1H3,(H2,26,29)(H,27,30). The molecule has 3 N–H and O–H groups in total. The maximum Gasteiger partial charge on any atom is 0.251 e. The van der Waals surface area contributed by atoms with Gasteiger partial charge in [-0.3, -0.25) is 14.5 Å². The molecule has 0 aromatic heterocycles. The molecular weight excluding hydrogens is 453 g/mol. The third-order valence-corrected chi connectivity index (χ3v) is 5.96. The van der Waals surface area contributed by atoms with Gasteiger partial charge in [-0.1, -0.05) is 29.3 Å². The first-order valence-electron chi connectivity index (χ1n) is 10.4. The molecular formula is C23H27Cl2N3O4. The minimum atomic E-state index is -0.336. The molecule has 1 heterocycles. The largest absolute Gasteiger partial charge is 0.493 e. The summed E-state index contributed by atoms with van der Waals surface area (Å²) >= 11 is 12.2. The van der Waals surface area contributed by atoms with E-state index < -0.39 is 0 Å². The Bertz CT molecular complexity index is 962. The first kappa shape index (κ1) is 24.2. The number of nitrogens with one attached hydrogen (secondary N) is 1. The number of ether oxygens (including phenoxy) is 2. The Morgan fingerprint density at radius 1 is 1.12 bits per heavy atom. The Morgan fingerprint density at radius 3 is 2.53 bits per heavy atom. The molecule has 0 aliphatic carbocycles. The van der Waals surface area contributed by atoms with Gasteiger partial charge in [0.25, 0.3) is 5.91 Å². The Hall–Kier alpha value is -2.48. The van der Waals surface area contributed by atoms with Crippen molar-refractivity contribution in [2.75, 3.05) is 33.4 Å². The molecule has 1 aliphatic rings. The summed E-state index contributed by atoms with van der Waals surface area (Å²) < 4.78 is 11.3. The number of hydrogen-bond acceptors (Lipinski definition) is 5. The number of primary amides is 1. The van der Waals surface area contributed by atoms with Crippen LogP contribution >= 0.6 is 23.2 Å². The molecule has 1 fully saturated rings. The van der Waals surface area contributed by atoms with Crippen LogP contribution in [0.1, 0.15) is 28.8 Å². The van der Waals surface area contributed by atoms with E-state index in [4.69, 9.17) is 38.4 Å². The summed E-state index contributed by atoms with van der Waals surface area (Å²) in [5.74, 6) is 0.521. The Kier molecular flexibility index (Phi) is 8.61. The fourth-order valence-electron chi connectivity index (χ4n) is 3.65. The summed E-state index contributed by atoms with van der Waals surface area (Å²) in [7, 11) is 1.55. The van der Waals surface area contributed by atoms with Crippen molar-refractivity contribution in [1.82, 2.24) is 10.2 Å². The van der Waals surface area contributed by atoms with Crippen LogP contribution in [0.3, 0.4) is 0 Å². The third kappa shape index (κ3) is 6.76. The number of benzene rings is 2. The van der Waals surface area contributed by atoms with Crippen LogP contribution in [-0.2, 0) is 11.2 Å². The number of carbonyl (C=O) groups excluding carboxylic acids is 2. The van der Waals surface area contributed by atoms with Gasteiger partial charge in [0.05, 0.1) is 20.3 Å². The van der Waals surface area contributed by atoms with Gasteiger partial charge in [-0.15, -0.1) is 0 Å². The monoisotopic (exact) mass is 479 g/mol. The summed E-state index contributed by atoms with van der Waals surface area (Å²) in [5, 5.41) is 4.23. The van der Waals surface area contributed by atoms with Crippen LogP contribution in [0.5, 0.6) is 11.5 Å². The number of methoxy groups -OCH3 is 1. The lowest BCUT2D eigenvalue weighted by molar-refractivity contribution is -0.119. The van der Waals surface area contributed by atoms with Crippen molar-refractivity contribution in [3.63, 3.8) is 0 Å². The number of nitrogens with zero attached hydrogens (tertiary/aromatic N) is 1. The topological polar surface area (TPSA) is 93.9 Å². The third-order valence-electron chi connectivity index (χ3n) is 5.37. The van der Waals surface area contributed by atoms with Crippen LogP contribution < -0.4 is 20.5 Å². The zero-order valence-corrected chi connectivity index (χ0v) is 19.4. The van der Waals surface area contributed by atoms with Crippen molar-refractivity contribution in [3.8, 4) is 11.5 Å². The molecule has 172 valence electrons. The predicted molar refractivity (Wildman–Crippen MR) is 125 cm³/mol. The highest BCUT2D eigenvalue weighted by molar-refractivity contribution is 6.35. The van der Waals surface area contributed by atoms with Crippen molar-refractivity contribution in [1.29, 1.82) is 0 Å². The molecule has 3 rings (SSSR count). The van der Waals surface area contributed by atoms with Crippen molar-refractivity contribution in [3.05, 3.63) is 57.6 Å². The average molecular weight is 480 g/mol. The molecule has 9 heteroatoms. The van der Waals surface area contributed by atoms with E-state index in [1.54, 1.807) is 37.4 Å². The van der Waals surface area contributed by atoms with E-state index >= 15 is 0 Å². The molecule has 0 atom stereocenters. The summed E-state index contributed by atoms with van der Waals surface area (Å²) in [6, 6.07) is 10.5. The van der Waals surface area contributed by atoms with Crippen LogP contribution in [0.25, 0.3) is 0 Å². The predicted octanol–water partition coefficient (Wildman–Crippen LogP) is 3.30. The summed E-state index contributed by atoms with van der Waals surface area (Å²) in [6.07, 6.45) is 2.11. The highest BCUT2D eigenvalue weighted by Crippen LogP contribution is 2.29. The molecule has 1 aliphatic heterocycles. The van der Waals surface area contributed by atoms with E-state index in [1.807, 2.05) is 11.0 Å². The van der Waals surface area contributed by atoms with E-state index in [0.29, 0.717) is 40.1 Å². The first-order valence-corrected chi connectivity index (χ1v) is 11.2. The van der Waals surface area contributed by atoms with E-state index in [-0.39, 0.29) is 24.4 Å². The van der Waals surface area contributed by atoms with Crippen LogP contribution in [0, 0.1) is 0 Å². The molecule has 2 aromatic carbocycles. The summed E-state index contributed by atoms with van der Waals surface area (Å²) in [4.78, 5) is 25.8. The SMILES string of the molecule is COc1ccc(C(=O)NC2CCN(CC(N)=O)CC2)cc1OCCc1ccc(Cl)cc1Cl. The molecule has 0 spiro atoms. The number of carbonyl (C=O) groups is 2. The normalized spacial score (nSPS) is 14.7. The second-order valence-electron chi connectivity index (χ2n) is 7.69. The van der Waals surface area contributed by atoms with Gasteiger partial charge >= 0.3 is 0 Å². The Morgan fingerprint density at radius 2 is 1.88 bits per heavy atom. The lowest BCUT2D eigenvalue weighted by atomic mass is 10.0. The van der Waals surface area contributed by atoms with Crippen molar-refractivity contribution >= 4 is 35.0 Å². The second kappa shape index (κ2) is 11.4. The fourth-order valence-corrected chi connectivity index (χ4v) is 4.15. The smallest absolute Gasteiger partial charge is 0.251 e. The lowest BCUT2D eigenvalue weighted by Crippen LogP contribution is -2.46. The van der Waals surface area contributed by atoms with Gasteiger partial charge in [0.2, 0.25) is 5.91 Å². The van der Waals surface area contributed by atoms with Crippen molar-refractivity contribution in [2.24, 2.45) is 5.73 Å². The Labute approximate surface area is 197 Å². The van der Waals surface area contributed by atoms with Crippen molar-refractivity contribution < 1.29 is 19.1 Å². The number of halogens is 2. The minimum Gasteiger partial charge on any atom is -0.493 e. The summed E-state index contributed by atoms with van der Waals surface area (Å²) in [5.41, 5.74) is 6.66. The molecule has 7 nitrogen and oxygen atoms in total. The van der Waals surface area contributed by atoms with Crippen LogP contribution in [0.15, 0.2) is 36.4 Å². The maximum absolute atomic E-state index is 12.8. The van der Waals surface area contributed by atoms with Gasteiger partial charge in [-0.25, -0.2) is 0 Å². The van der Waals surface area contributed by atoms with E-state index in [1.165, 1.54) is 0 Å². The number of nitrogens with two attached hydrogens (primary N) is 1. The molecule has 0 bridgehead atoms. The molecule has 0 unspecified atom stereocenters. The molecule has 0 radical (unpaired) electrons. The van der Waals surface area contributed by atoms with E-state index in [2.05, 4.69) is 5.32 Å². The van der Waals surface area contributed by atoms with Gasteiger partial charge in [-0.05, 0) is 48.7 Å². The zero-order valence-electron chi connectivity index (χ0n) is 17.9. The Balaban J connectivity index is 1.57. The number of rotatable bonds is 9. The van der Waals surface area contributed by atoms with E-state index in [0.717, 1.165) is 31.5 Å². The number of hydrogen-bond donors (Lipinski definition) is 2. The molecule has 2 amide bonds. The number of likely N-dealkylation sites (tertiary alicyclic amines) is 1. The maximum atomic E-state index is 12.8. The minimum absolute atomic E-state index is 0.0464. The fraction of sp³-hybridized carbons (Fsp3) is 0.391. The van der Waals surface area contributed by atoms with Crippen LogP contribution in [-0.4, -0.2) is 56.1 Å². The zero-order chi connectivity index (χ0) is 23.1. The van der Waals surface area contributed by atoms with Crippen molar-refractivity contribution in [2.45, 2.75) is 25.3 Å². The van der Waals surface area contributed by atoms with Gasteiger partial charge in [0.1, 0.15) is 0 Å². The van der Waals surface area contributed by atoms with Gasteiger partial charge in [0.15, 0.2) is 11.5 Å². The quantitative estimate of drug-likeness (QED) is 0.575. The van der Waals surface area contributed by atoms with Crippen LogP contribution in [0.2, 0.25) is 10.0 Å². The van der Waals surface area contributed by atoms with Gasteiger partial charge in [0, 0.05) is 41.2 Å². The van der Waals surface area contributed by atoms with Gasteiger partial charge < -0.3 is 20.5 Å². The number of amides is 2. The molecule has 2 aromatic rings. The first-order chi connectivity index (χ1) is 15.4. The van der Waals surface area contributed by atoms with Gasteiger partial charge in [-0.2, -0.15) is 0 Å². The number of piperidine rings is 1.